The predicted octanol–water partition coefficient (Wildman–Crippen LogP) is 6.00. The molecular weight excluding hydrogens is 414 g/mol. The van der Waals surface area contributed by atoms with Crippen LogP contribution in [0.4, 0.5) is 0 Å². The monoisotopic (exact) mass is 437 g/mol. The fourth-order valence-corrected chi connectivity index (χ4v) is 4.18. The van der Waals surface area contributed by atoms with Gasteiger partial charge < -0.3 is 9.84 Å². The zero-order valence-electron chi connectivity index (χ0n) is 18.6. The summed E-state index contributed by atoms with van der Waals surface area (Å²) >= 11 is 0. The number of carbonyl (C=O) groups is 1. The van der Waals surface area contributed by atoms with Crippen LogP contribution in [-0.4, -0.2) is 25.7 Å². The summed E-state index contributed by atoms with van der Waals surface area (Å²) < 4.78 is 8.04. The maximum absolute atomic E-state index is 12.4. The minimum atomic E-state index is -1.03. The van der Waals surface area contributed by atoms with Crippen LogP contribution in [0, 0.1) is 13.8 Å². The first-order valence-electron chi connectivity index (χ1n) is 10.8. The summed E-state index contributed by atoms with van der Waals surface area (Å²) in [5, 5.41) is 15.3. The van der Waals surface area contributed by atoms with E-state index >= 15 is 0 Å². The molecule has 3 aromatic heterocycles. The number of ether oxygens (including phenoxy) is 1. The third-order valence-electron chi connectivity index (χ3n) is 5.96. The molecule has 0 spiro atoms. The van der Waals surface area contributed by atoms with E-state index < -0.39 is 5.97 Å². The van der Waals surface area contributed by atoms with Gasteiger partial charge in [0.05, 0.1) is 27.7 Å². The van der Waals surface area contributed by atoms with Crippen molar-refractivity contribution in [2.75, 3.05) is 0 Å². The molecule has 0 radical (unpaired) electrons. The molecule has 33 heavy (non-hydrogen) atoms. The summed E-state index contributed by atoms with van der Waals surface area (Å²) in [4.78, 5) is 17.2. The summed E-state index contributed by atoms with van der Waals surface area (Å²) in [5.41, 5.74) is 5.71. The SMILES string of the molecule is Cc1ccc(O[C@@H](C)c2ccccc2)c2c(C(=O)O)cc(-c3nn4ccccc4c3C)nc12. The van der Waals surface area contributed by atoms with Crippen molar-refractivity contribution in [1.82, 2.24) is 14.6 Å². The van der Waals surface area contributed by atoms with E-state index in [0.29, 0.717) is 28.0 Å². The molecule has 0 aliphatic heterocycles. The van der Waals surface area contributed by atoms with Gasteiger partial charge in [-0.3, -0.25) is 0 Å². The normalized spacial score (nSPS) is 12.2. The van der Waals surface area contributed by atoms with Crippen LogP contribution >= 0.6 is 0 Å². The highest BCUT2D eigenvalue weighted by Gasteiger charge is 2.22. The van der Waals surface area contributed by atoms with Gasteiger partial charge in [-0.15, -0.1) is 0 Å². The minimum absolute atomic E-state index is 0.144. The third-order valence-corrected chi connectivity index (χ3v) is 5.96. The number of aromatic nitrogens is 3. The molecule has 1 N–H and O–H groups in total. The lowest BCUT2D eigenvalue weighted by Crippen LogP contribution is -2.07. The van der Waals surface area contributed by atoms with Crippen LogP contribution in [-0.2, 0) is 0 Å². The first kappa shape index (κ1) is 20.7. The number of fused-ring (bicyclic) bond motifs is 2. The molecule has 0 amide bonds. The molecule has 2 aromatic carbocycles. The van der Waals surface area contributed by atoms with E-state index in [4.69, 9.17) is 9.72 Å². The molecule has 164 valence electrons. The van der Waals surface area contributed by atoms with Gasteiger partial charge in [0.1, 0.15) is 17.5 Å². The van der Waals surface area contributed by atoms with Crippen LogP contribution < -0.4 is 4.74 Å². The zero-order valence-corrected chi connectivity index (χ0v) is 18.6. The highest BCUT2D eigenvalue weighted by Crippen LogP contribution is 2.36. The van der Waals surface area contributed by atoms with Crippen molar-refractivity contribution in [2.45, 2.75) is 26.9 Å². The third kappa shape index (κ3) is 3.59. The number of aryl methyl sites for hydroxylation is 2. The van der Waals surface area contributed by atoms with Crippen molar-refractivity contribution < 1.29 is 14.6 Å². The Morgan fingerprint density at radius 1 is 1.03 bits per heavy atom. The Morgan fingerprint density at radius 3 is 2.52 bits per heavy atom. The second-order valence-corrected chi connectivity index (χ2v) is 8.14. The molecule has 6 heteroatoms. The molecule has 0 bridgehead atoms. The smallest absolute Gasteiger partial charge is 0.336 e. The van der Waals surface area contributed by atoms with E-state index in [1.54, 1.807) is 10.6 Å². The molecule has 0 aliphatic rings. The van der Waals surface area contributed by atoms with E-state index in [2.05, 4.69) is 5.10 Å². The summed E-state index contributed by atoms with van der Waals surface area (Å²) in [6.07, 6.45) is 1.62. The summed E-state index contributed by atoms with van der Waals surface area (Å²) in [5.74, 6) is -0.539. The van der Waals surface area contributed by atoms with Gasteiger partial charge in [-0.1, -0.05) is 42.5 Å². The average Bonchev–Trinajstić information content (AvgIpc) is 3.17. The molecule has 6 nitrogen and oxygen atoms in total. The molecular formula is C27H23N3O3. The second-order valence-electron chi connectivity index (χ2n) is 8.14. The van der Waals surface area contributed by atoms with E-state index in [1.807, 2.05) is 87.6 Å². The largest absolute Gasteiger partial charge is 0.485 e. The van der Waals surface area contributed by atoms with Gasteiger partial charge in [-0.25, -0.2) is 14.3 Å². The molecule has 5 rings (SSSR count). The van der Waals surface area contributed by atoms with Crippen LogP contribution in [0.2, 0.25) is 0 Å². The Hall–Kier alpha value is -4.19. The number of pyridine rings is 2. The first-order chi connectivity index (χ1) is 15.9. The lowest BCUT2D eigenvalue weighted by Gasteiger charge is -2.18. The van der Waals surface area contributed by atoms with Crippen LogP contribution in [0.3, 0.4) is 0 Å². The lowest BCUT2D eigenvalue weighted by atomic mass is 10.0. The van der Waals surface area contributed by atoms with E-state index in [0.717, 1.165) is 22.2 Å². The molecule has 1 atom stereocenters. The van der Waals surface area contributed by atoms with Gasteiger partial charge in [0.2, 0.25) is 0 Å². The zero-order chi connectivity index (χ0) is 23.1. The van der Waals surface area contributed by atoms with Gasteiger partial charge in [0.25, 0.3) is 0 Å². The topological polar surface area (TPSA) is 76.7 Å². The number of hydrogen-bond donors (Lipinski definition) is 1. The van der Waals surface area contributed by atoms with Crippen molar-refractivity contribution in [2.24, 2.45) is 0 Å². The van der Waals surface area contributed by atoms with Crippen LogP contribution in [0.5, 0.6) is 5.75 Å². The van der Waals surface area contributed by atoms with Gasteiger partial charge >= 0.3 is 5.97 Å². The molecule has 3 heterocycles. The van der Waals surface area contributed by atoms with Crippen LogP contribution in [0.25, 0.3) is 27.8 Å². The number of hydrogen-bond acceptors (Lipinski definition) is 4. The number of benzene rings is 2. The summed E-state index contributed by atoms with van der Waals surface area (Å²) in [6.45, 7) is 5.84. The number of nitrogens with zero attached hydrogens (tertiary/aromatic N) is 3. The van der Waals surface area contributed by atoms with Crippen molar-refractivity contribution in [1.29, 1.82) is 0 Å². The number of carboxylic acids is 1. The summed E-state index contributed by atoms with van der Waals surface area (Å²) in [7, 11) is 0. The fourth-order valence-electron chi connectivity index (χ4n) is 4.18. The summed E-state index contributed by atoms with van der Waals surface area (Å²) in [6, 6.07) is 21.0. The van der Waals surface area contributed by atoms with E-state index in [-0.39, 0.29) is 11.7 Å². The second kappa shape index (κ2) is 8.06. The fraction of sp³-hybridized carbons (Fsp3) is 0.148. The molecule has 0 aliphatic carbocycles. The van der Waals surface area contributed by atoms with Gasteiger partial charge in [0, 0.05) is 11.8 Å². The van der Waals surface area contributed by atoms with Crippen LogP contribution in [0.15, 0.2) is 72.9 Å². The Kier molecular flexibility index (Phi) is 5.05. The average molecular weight is 437 g/mol. The van der Waals surface area contributed by atoms with E-state index in [9.17, 15) is 9.90 Å². The highest BCUT2D eigenvalue weighted by atomic mass is 16.5. The first-order valence-corrected chi connectivity index (χ1v) is 10.8. The predicted molar refractivity (Wildman–Crippen MR) is 128 cm³/mol. The molecule has 0 unspecified atom stereocenters. The number of rotatable bonds is 5. The Bertz CT molecular complexity index is 1510. The maximum Gasteiger partial charge on any atom is 0.336 e. The molecule has 0 fully saturated rings. The maximum atomic E-state index is 12.4. The number of carboxylic acid groups (broad SMARTS) is 1. The highest BCUT2D eigenvalue weighted by molar-refractivity contribution is 6.07. The molecule has 5 aromatic rings. The van der Waals surface area contributed by atoms with Gasteiger partial charge in [-0.05, 0) is 56.2 Å². The molecule has 0 saturated carbocycles. The Labute approximate surface area is 191 Å². The quantitative estimate of drug-likeness (QED) is 0.365. The van der Waals surface area contributed by atoms with Crippen molar-refractivity contribution >= 4 is 22.4 Å². The Morgan fingerprint density at radius 2 is 1.79 bits per heavy atom. The van der Waals surface area contributed by atoms with Crippen LogP contribution in [0.1, 0.15) is 40.1 Å². The van der Waals surface area contributed by atoms with Gasteiger partial charge in [0.15, 0.2) is 0 Å². The van der Waals surface area contributed by atoms with Gasteiger partial charge in [-0.2, -0.15) is 5.10 Å². The lowest BCUT2D eigenvalue weighted by molar-refractivity contribution is 0.0698. The Balaban J connectivity index is 1.70. The standard InChI is InChI=1S/C27H23N3O3/c1-16-12-13-23(33-18(3)19-9-5-4-6-10-19)24-20(27(31)32)15-21(28-25(16)24)26-17(2)22-11-7-8-14-30(22)29-26/h4-15,18H,1-3H3,(H,31,32)/t18-/m0/s1. The van der Waals surface area contributed by atoms with E-state index in [1.165, 1.54) is 0 Å². The van der Waals surface area contributed by atoms with Crippen molar-refractivity contribution in [3.05, 3.63) is 95.2 Å². The van der Waals surface area contributed by atoms with Crippen molar-refractivity contribution in [3.8, 4) is 17.1 Å². The molecule has 0 saturated heterocycles. The van der Waals surface area contributed by atoms with Crippen molar-refractivity contribution in [3.63, 3.8) is 0 Å². The minimum Gasteiger partial charge on any atom is -0.485 e. The number of aromatic carboxylic acids is 1.